The summed E-state index contributed by atoms with van der Waals surface area (Å²) in [6, 6.07) is 0. The summed E-state index contributed by atoms with van der Waals surface area (Å²) in [5.74, 6) is 0.807. The van der Waals surface area contributed by atoms with Crippen LogP contribution in [0.25, 0.3) is 0 Å². The van der Waals surface area contributed by atoms with Gasteiger partial charge in [0.05, 0.1) is 0 Å². The van der Waals surface area contributed by atoms with Crippen LogP contribution in [0.15, 0.2) is 17.6 Å². The number of rotatable bonds is 2. The van der Waals surface area contributed by atoms with Crippen molar-refractivity contribution in [1.82, 2.24) is 0 Å². The summed E-state index contributed by atoms with van der Waals surface area (Å²) in [4.78, 5) is 3.58. The second kappa shape index (κ2) is 6.72. The molecule has 0 unspecified atom stereocenters. The van der Waals surface area contributed by atoms with E-state index >= 15 is 0 Å². The van der Waals surface area contributed by atoms with Gasteiger partial charge in [-0.05, 0) is 6.26 Å². The smallest absolute Gasteiger partial charge is 0.170 e. The minimum atomic E-state index is 0.794. The topological polar surface area (TPSA) is 36.1 Å². The van der Waals surface area contributed by atoms with Gasteiger partial charge in [0.15, 0.2) is 0 Å². The summed E-state index contributed by atoms with van der Waals surface area (Å²) >= 11 is 3.00. The fraction of sp³-hybridized carbons (Fsp3) is 0.333. The highest BCUT2D eigenvalue weighted by atomic mass is 32.2. The van der Waals surface area contributed by atoms with E-state index in [1.807, 2.05) is 6.26 Å². The number of hydrogen-bond donors (Lipinski definition) is 0. The van der Waals surface area contributed by atoms with Crippen LogP contribution in [-0.2, 0) is 0 Å². The molecule has 2 nitrogen and oxygen atoms in total. The van der Waals surface area contributed by atoms with Crippen LogP contribution in [0.1, 0.15) is 0 Å². The van der Waals surface area contributed by atoms with Crippen molar-refractivity contribution in [1.29, 1.82) is 5.26 Å². The molecule has 0 aromatic carbocycles. The van der Waals surface area contributed by atoms with Crippen LogP contribution in [-0.4, -0.2) is 16.4 Å². The van der Waals surface area contributed by atoms with Gasteiger partial charge in [-0.25, -0.2) is 0 Å². The van der Waals surface area contributed by atoms with E-state index < -0.39 is 0 Å². The lowest BCUT2D eigenvalue weighted by Crippen LogP contribution is -1.83. The molecule has 0 fully saturated rings. The van der Waals surface area contributed by atoms with Crippen LogP contribution in [0.3, 0.4) is 0 Å². The van der Waals surface area contributed by atoms with Gasteiger partial charge in [0.25, 0.3) is 0 Å². The van der Waals surface area contributed by atoms with Crippen molar-refractivity contribution >= 4 is 27.9 Å². The normalized spacial score (nSPS) is 10.6. The Morgan fingerprint density at radius 3 is 3.00 bits per heavy atom. The van der Waals surface area contributed by atoms with Gasteiger partial charge >= 0.3 is 0 Å². The van der Waals surface area contributed by atoms with E-state index in [9.17, 15) is 0 Å². The summed E-state index contributed by atoms with van der Waals surface area (Å²) in [6.07, 6.45) is 5.42. The van der Waals surface area contributed by atoms with Crippen LogP contribution in [0, 0.1) is 11.5 Å². The number of nitrogens with zero attached hydrogens (tertiary/aromatic N) is 2. The molecule has 0 amide bonds. The van der Waals surface area contributed by atoms with E-state index in [0.717, 1.165) is 10.1 Å². The van der Waals surface area contributed by atoms with E-state index in [1.54, 1.807) is 12.3 Å². The molecule has 54 valence electrons. The zero-order valence-corrected chi connectivity index (χ0v) is 7.34. The largest absolute Gasteiger partial charge is 0.207 e. The Morgan fingerprint density at radius 2 is 2.60 bits per heavy atom. The molecule has 0 radical (unpaired) electrons. The summed E-state index contributed by atoms with van der Waals surface area (Å²) in [6.45, 7) is 3.56. The quantitative estimate of drug-likeness (QED) is 0.277. The van der Waals surface area contributed by atoms with Crippen LogP contribution < -0.4 is 0 Å². The first kappa shape index (κ1) is 9.60. The first-order valence-electron chi connectivity index (χ1n) is 2.59. The maximum atomic E-state index is 8.18. The lowest BCUT2D eigenvalue weighted by atomic mass is 10.8. The van der Waals surface area contributed by atoms with Gasteiger partial charge in [0, 0.05) is 5.75 Å². The van der Waals surface area contributed by atoms with Crippen molar-refractivity contribution in [2.45, 2.75) is 0 Å². The molecule has 0 N–H and O–H groups in total. The molecule has 0 aromatic heterocycles. The van der Waals surface area contributed by atoms with E-state index in [0.29, 0.717) is 0 Å². The Morgan fingerprint density at radius 1 is 1.90 bits per heavy atom. The van der Waals surface area contributed by atoms with Gasteiger partial charge in [0.2, 0.25) is 6.19 Å². The number of aliphatic imine (C=N–C) groups is 1. The molecular formula is C6H8N2S2. The average Bonchev–Trinajstić information content (AvgIpc) is 1.98. The summed E-state index contributed by atoms with van der Waals surface area (Å²) in [5.41, 5.74) is 0. The summed E-state index contributed by atoms with van der Waals surface area (Å²) in [5, 5.41) is 8.18. The van der Waals surface area contributed by atoms with E-state index in [-0.39, 0.29) is 0 Å². The molecule has 0 saturated heterocycles. The maximum Gasteiger partial charge on any atom is 0.207 e. The molecule has 0 atom stereocenters. The Hall–Kier alpha value is -0.400. The standard InChI is InChI=1S/C6H8N2S2/c1-3-4-10-6(9-2)8-5-7/h3H,1,4H2,2H3. The van der Waals surface area contributed by atoms with Crippen molar-refractivity contribution in [3.63, 3.8) is 0 Å². The van der Waals surface area contributed by atoms with E-state index in [4.69, 9.17) is 5.26 Å². The van der Waals surface area contributed by atoms with E-state index in [1.165, 1.54) is 23.5 Å². The minimum absolute atomic E-state index is 0.794. The maximum absolute atomic E-state index is 8.18. The number of hydrogen-bond acceptors (Lipinski definition) is 4. The second-order valence-corrected chi connectivity index (χ2v) is 3.34. The monoisotopic (exact) mass is 172 g/mol. The molecule has 0 aliphatic rings. The predicted octanol–water partition coefficient (Wildman–Crippen LogP) is 2.11. The van der Waals surface area contributed by atoms with Gasteiger partial charge < -0.3 is 0 Å². The highest BCUT2D eigenvalue weighted by Gasteiger charge is 1.93. The zero-order valence-electron chi connectivity index (χ0n) is 5.70. The fourth-order valence-electron chi connectivity index (χ4n) is 0.308. The molecule has 0 aliphatic carbocycles. The van der Waals surface area contributed by atoms with Gasteiger partial charge in [0.1, 0.15) is 4.38 Å². The summed E-state index contributed by atoms with van der Waals surface area (Å²) < 4.78 is 0.794. The third-order valence-corrected chi connectivity index (χ3v) is 2.68. The molecule has 0 rings (SSSR count). The molecule has 0 heterocycles. The van der Waals surface area contributed by atoms with Crippen LogP contribution in [0.2, 0.25) is 0 Å². The van der Waals surface area contributed by atoms with Crippen LogP contribution in [0.4, 0.5) is 0 Å². The number of thioether (sulfide) groups is 2. The van der Waals surface area contributed by atoms with Crippen LogP contribution >= 0.6 is 23.5 Å². The molecule has 0 bridgehead atoms. The second-order valence-electron chi connectivity index (χ2n) is 1.28. The first-order chi connectivity index (χ1) is 4.85. The van der Waals surface area contributed by atoms with Crippen LogP contribution in [0.5, 0.6) is 0 Å². The number of nitriles is 1. The molecule has 0 spiro atoms. The van der Waals surface area contributed by atoms with E-state index in [2.05, 4.69) is 11.6 Å². The minimum Gasteiger partial charge on any atom is -0.170 e. The van der Waals surface area contributed by atoms with Crippen molar-refractivity contribution in [3.8, 4) is 6.19 Å². The Kier molecular flexibility index (Phi) is 6.45. The first-order valence-corrected chi connectivity index (χ1v) is 4.80. The molecule has 0 aromatic rings. The molecule has 4 heteroatoms. The fourth-order valence-corrected chi connectivity index (χ4v) is 1.48. The highest BCUT2D eigenvalue weighted by Crippen LogP contribution is 2.13. The summed E-state index contributed by atoms with van der Waals surface area (Å²) in [7, 11) is 0. The Labute approximate surface area is 69.4 Å². The molecular weight excluding hydrogens is 164 g/mol. The van der Waals surface area contributed by atoms with Crippen molar-refractivity contribution in [3.05, 3.63) is 12.7 Å². The SMILES string of the molecule is C=CCSC(=NC#N)SC. The van der Waals surface area contributed by atoms with Gasteiger partial charge in [-0.15, -0.1) is 18.3 Å². The lowest BCUT2D eigenvalue weighted by Gasteiger charge is -1.93. The van der Waals surface area contributed by atoms with Crippen molar-refractivity contribution < 1.29 is 0 Å². The molecule has 0 saturated carbocycles. The molecule has 10 heavy (non-hydrogen) atoms. The van der Waals surface area contributed by atoms with Crippen molar-refractivity contribution in [2.75, 3.05) is 12.0 Å². The van der Waals surface area contributed by atoms with Crippen molar-refractivity contribution in [2.24, 2.45) is 4.99 Å². The Balaban J connectivity index is 3.73. The highest BCUT2D eigenvalue weighted by molar-refractivity contribution is 8.38. The Bertz CT molecular complexity index is 169. The zero-order chi connectivity index (χ0) is 7.82. The molecule has 0 aliphatic heterocycles. The third kappa shape index (κ3) is 4.48. The lowest BCUT2D eigenvalue weighted by molar-refractivity contribution is 1.45. The van der Waals surface area contributed by atoms with Gasteiger partial charge in [-0.3, -0.25) is 0 Å². The predicted molar refractivity (Wildman–Crippen MR) is 49.2 cm³/mol. The average molecular weight is 172 g/mol. The third-order valence-electron chi connectivity index (χ3n) is 0.641. The van der Waals surface area contributed by atoms with Gasteiger partial charge in [-0.1, -0.05) is 17.8 Å². The van der Waals surface area contributed by atoms with Gasteiger partial charge in [-0.2, -0.15) is 10.3 Å².